The van der Waals surface area contributed by atoms with Gasteiger partial charge in [0, 0.05) is 0 Å². The monoisotopic (exact) mass is 488 g/mol. The fourth-order valence-electron chi connectivity index (χ4n) is 6.36. The molecule has 0 aromatic carbocycles. The van der Waals surface area contributed by atoms with Crippen LogP contribution >= 0.6 is 0 Å². The van der Waals surface area contributed by atoms with Crippen LogP contribution in [0.5, 0.6) is 0 Å². The van der Waals surface area contributed by atoms with Crippen LogP contribution in [0.4, 0.5) is 4.79 Å². The summed E-state index contributed by atoms with van der Waals surface area (Å²) in [5.74, 6) is 0.801. The summed E-state index contributed by atoms with van der Waals surface area (Å²) >= 11 is 0. The molecule has 3 aliphatic carbocycles. The predicted molar refractivity (Wildman–Crippen MR) is 137 cm³/mol. The molecule has 0 bridgehead atoms. The van der Waals surface area contributed by atoms with Crippen molar-refractivity contribution in [3.63, 3.8) is 0 Å². The lowest BCUT2D eigenvalue weighted by Gasteiger charge is -2.42. The van der Waals surface area contributed by atoms with Crippen molar-refractivity contribution in [2.75, 3.05) is 6.61 Å². The maximum atomic E-state index is 11.7. The third-order valence-corrected chi connectivity index (χ3v) is 8.30. The smallest absolute Gasteiger partial charge is 0.435 e. The van der Waals surface area contributed by atoms with Crippen LogP contribution in [-0.4, -0.2) is 52.0 Å². The van der Waals surface area contributed by atoms with Gasteiger partial charge < -0.3 is 24.8 Å². The van der Waals surface area contributed by atoms with E-state index in [2.05, 4.69) is 25.7 Å². The van der Waals surface area contributed by atoms with Gasteiger partial charge in [0.05, 0.1) is 18.8 Å². The third kappa shape index (κ3) is 6.66. The van der Waals surface area contributed by atoms with Crippen LogP contribution in [0.3, 0.4) is 0 Å². The van der Waals surface area contributed by atoms with E-state index in [1.54, 1.807) is 26.8 Å². The fourth-order valence-corrected chi connectivity index (χ4v) is 6.36. The number of fused-ring (bicyclic) bond motifs is 1. The Bertz CT molecular complexity index is 856. The minimum atomic E-state index is -1.11. The van der Waals surface area contributed by atoms with Crippen LogP contribution in [-0.2, 0) is 9.47 Å². The average Bonchev–Trinajstić information content (AvgIpc) is 3.12. The molecule has 0 radical (unpaired) electrons. The average molecular weight is 489 g/mol. The summed E-state index contributed by atoms with van der Waals surface area (Å²) in [6.45, 7) is 12.0. The van der Waals surface area contributed by atoms with Crippen LogP contribution < -0.4 is 0 Å². The summed E-state index contributed by atoms with van der Waals surface area (Å²) in [4.78, 5) is 11.7. The first-order chi connectivity index (χ1) is 16.5. The number of hydrogen-bond acceptors (Lipinski definition) is 6. The van der Waals surface area contributed by atoms with Crippen LogP contribution in [0.1, 0.15) is 79.1 Å². The highest BCUT2D eigenvalue weighted by molar-refractivity contribution is 5.60. The molecule has 0 aliphatic heterocycles. The Hall–Kier alpha value is -1.89. The first-order valence-corrected chi connectivity index (χ1v) is 13.1. The van der Waals surface area contributed by atoms with Crippen molar-refractivity contribution in [3.05, 3.63) is 47.6 Å². The molecule has 3 saturated carbocycles. The van der Waals surface area contributed by atoms with E-state index < -0.39 is 30.1 Å². The van der Waals surface area contributed by atoms with Gasteiger partial charge in [-0.15, -0.1) is 0 Å². The highest BCUT2D eigenvalue weighted by Crippen LogP contribution is 2.59. The zero-order valence-corrected chi connectivity index (χ0v) is 21.8. The largest absolute Gasteiger partial charge is 0.508 e. The van der Waals surface area contributed by atoms with Crippen molar-refractivity contribution in [1.29, 1.82) is 0 Å². The highest BCUT2D eigenvalue weighted by atomic mass is 16.7. The lowest BCUT2D eigenvalue weighted by Crippen LogP contribution is -2.40. The molecule has 0 aromatic heterocycles. The maximum absolute atomic E-state index is 11.7. The predicted octanol–water partition coefficient (Wildman–Crippen LogP) is 5.39. The molecule has 0 saturated heterocycles. The van der Waals surface area contributed by atoms with E-state index in [1.165, 1.54) is 5.57 Å². The summed E-state index contributed by atoms with van der Waals surface area (Å²) in [6.07, 6.45) is 12.5. The molecule has 0 spiro atoms. The number of aliphatic hydroxyl groups excluding tert-OH is 3. The summed E-state index contributed by atoms with van der Waals surface area (Å²) in [7, 11) is 0. The molecular weight excluding hydrogens is 444 g/mol. The Morgan fingerprint density at radius 2 is 1.91 bits per heavy atom. The minimum absolute atomic E-state index is 0.109. The Morgan fingerprint density at radius 1 is 1.23 bits per heavy atom. The van der Waals surface area contributed by atoms with Gasteiger partial charge in [-0.3, -0.25) is 0 Å². The SMILES string of the molecule is C=C(/C=C/[C@@H](O)C(C)(C)OC(=O)OCC)[C@H]1CC[C@H]2/C(=C/C=C3C[C@@H](O)C[C@H](O)C3)CCC[C@]12C. The fraction of sp³-hybridized carbons (Fsp3) is 0.690. The molecule has 0 amide bonds. The molecule has 3 N–H and O–H groups in total. The number of ether oxygens (including phenoxy) is 2. The lowest BCUT2D eigenvalue weighted by atomic mass is 9.62. The van der Waals surface area contributed by atoms with Gasteiger partial charge in [-0.1, -0.05) is 54.5 Å². The van der Waals surface area contributed by atoms with Gasteiger partial charge in [0.1, 0.15) is 11.7 Å². The summed E-state index contributed by atoms with van der Waals surface area (Å²) < 4.78 is 10.1. The number of hydrogen-bond donors (Lipinski definition) is 3. The molecule has 6 atom stereocenters. The first kappa shape index (κ1) is 27.7. The van der Waals surface area contributed by atoms with Gasteiger partial charge in [0.25, 0.3) is 0 Å². The molecule has 6 nitrogen and oxygen atoms in total. The molecule has 3 rings (SSSR count). The second-order valence-electron chi connectivity index (χ2n) is 11.3. The van der Waals surface area contributed by atoms with Crippen molar-refractivity contribution in [2.45, 2.75) is 103 Å². The Kier molecular flexibility index (Phi) is 9.06. The number of aliphatic hydroxyl groups is 3. The van der Waals surface area contributed by atoms with Crippen molar-refractivity contribution in [2.24, 2.45) is 17.3 Å². The zero-order valence-electron chi connectivity index (χ0n) is 21.8. The Morgan fingerprint density at radius 3 is 2.57 bits per heavy atom. The van der Waals surface area contributed by atoms with E-state index in [4.69, 9.17) is 9.47 Å². The second kappa shape index (κ2) is 11.4. The second-order valence-corrected chi connectivity index (χ2v) is 11.3. The molecule has 3 fully saturated rings. The summed E-state index contributed by atoms with van der Waals surface area (Å²) in [5.41, 5.74) is 2.58. The van der Waals surface area contributed by atoms with E-state index >= 15 is 0 Å². The van der Waals surface area contributed by atoms with Gasteiger partial charge in [-0.2, -0.15) is 0 Å². The van der Waals surface area contributed by atoms with Crippen LogP contribution in [0.2, 0.25) is 0 Å². The van der Waals surface area contributed by atoms with E-state index in [-0.39, 0.29) is 12.0 Å². The summed E-state index contributed by atoms with van der Waals surface area (Å²) in [5, 5.41) is 30.6. The Balaban J connectivity index is 1.68. The van der Waals surface area contributed by atoms with Gasteiger partial charge in [-0.25, -0.2) is 4.79 Å². The van der Waals surface area contributed by atoms with E-state index in [9.17, 15) is 20.1 Å². The standard InChI is InChI=1S/C29H44O6/c1-6-34-27(33)35-28(3,4)26(32)14-9-19(2)24-12-13-25-21(8-7-15-29(24,25)5)11-10-20-16-22(30)18-23(31)17-20/h9-11,14,22-26,30-32H,2,6-8,12-13,15-18H2,1,3-5H3/b14-9+,21-11+/t22-,23-,24-,25+,26-,29-/m1/s1. The van der Waals surface area contributed by atoms with Crippen LogP contribution in [0, 0.1) is 17.3 Å². The van der Waals surface area contributed by atoms with Gasteiger partial charge in [0.2, 0.25) is 0 Å². The van der Waals surface area contributed by atoms with Gasteiger partial charge >= 0.3 is 6.16 Å². The first-order valence-electron chi connectivity index (χ1n) is 13.1. The lowest BCUT2D eigenvalue weighted by molar-refractivity contribution is -0.0656. The van der Waals surface area contributed by atoms with E-state index in [0.717, 1.165) is 43.3 Å². The molecule has 196 valence electrons. The number of carbonyl (C=O) groups is 1. The Labute approximate surface area is 210 Å². The van der Waals surface area contributed by atoms with Crippen molar-refractivity contribution in [3.8, 4) is 0 Å². The highest BCUT2D eigenvalue weighted by Gasteiger charge is 2.49. The molecule has 0 heterocycles. The topological polar surface area (TPSA) is 96.2 Å². The molecule has 0 aromatic rings. The maximum Gasteiger partial charge on any atom is 0.508 e. The van der Waals surface area contributed by atoms with Crippen LogP contribution in [0.25, 0.3) is 0 Å². The number of rotatable bonds is 7. The molecular formula is C29H44O6. The van der Waals surface area contributed by atoms with Crippen LogP contribution in [0.15, 0.2) is 47.6 Å². The van der Waals surface area contributed by atoms with Crippen molar-refractivity contribution >= 4 is 6.16 Å². The quantitative estimate of drug-likeness (QED) is 0.329. The number of carbonyl (C=O) groups excluding carboxylic acids is 1. The van der Waals surface area contributed by atoms with E-state index in [1.807, 2.05) is 6.08 Å². The van der Waals surface area contributed by atoms with Crippen molar-refractivity contribution < 1.29 is 29.6 Å². The van der Waals surface area contributed by atoms with Crippen molar-refractivity contribution in [1.82, 2.24) is 0 Å². The molecule has 6 heteroatoms. The number of allylic oxidation sites excluding steroid dienone is 5. The van der Waals surface area contributed by atoms with E-state index in [0.29, 0.717) is 31.1 Å². The molecule has 35 heavy (non-hydrogen) atoms. The summed E-state index contributed by atoms with van der Waals surface area (Å²) in [6, 6.07) is 0. The molecule has 3 aliphatic rings. The van der Waals surface area contributed by atoms with Gasteiger partial charge in [-0.05, 0) is 89.4 Å². The third-order valence-electron chi connectivity index (χ3n) is 8.30. The minimum Gasteiger partial charge on any atom is -0.435 e. The zero-order chi connectivity index (χ0) is 25.8. The normalized spacial score (nSPS) is 33.5. The van der Waals surface area contributed by atoms with Gasteiger partial charge in [0.15, 0.2) is 0 Å². The molecule has 0 unspecified atom stereocenters.